The molecule has 0 radical (unpaired) electrons. The predicted molar refractivity (Wildman–Crippen MR) is 121 cm³/mol. The third-order valence-corrected chi connectivity index (χ3v) is 6.48. The minimum Gasteiger partial charge on any atom is -0.454 e. The minimum absolute atomic E-state index is 0.314. The quantitative estimate of drug-likeness (QED) is 0.761. The van der Waals surface area contributed by atoms with Gasteiger partial charge in [0.25, 0.3) is 0 Å². The molecule has 0 aliphatic carbocycles. The molecule has 0 atom stereocenters. The van der Waals surface area contributed by atoms with E-state index in [9.17, 15) is 0 Å². The first-order valence-electron chi connectivity index (χ1n) is 11.1. The molecule has 0 spiro atoms. The van der Waals surface area contributed by atoms with Crippen molar-refractivity contribution in [1.82, 2.24) is 19.8 Å². The lowest BCUT2D eigenvalue weighted by Crippen LogP contribution is -2.48. The number of piperazine rings is 2. The fourth-order valence-electron chi connectivity index (χ4n) is 4.57. The smallest absolute Gasteiger partial charge is 0.231 e. The van der Waals surface area contributed by atoms with Crippen LogP contribution in [0.2, 0.25) is 0 Å². The molecule has 0 bridgehead atoms. The topological polar surface area (TPSA) is 83.2 Å². The zero-order chi connectivity index (χ0) is 21.2. The van der Waals surface area contributed by atoms with E-state index in [2.05, 4.69) is 48.6 Å². The highest BCUT2D eigenvalue weighted by Crippen LogP contribution is 2.33. The summed E-state index contributed by atoms with van der Waals surface area (Å²) in [7, 11) is 0. The van der Waals surface area contributed by atoms with Crippen LogP contribution in [0.5, 0.6) is 11.5 Å². The minimum atomic E-state index is 0.314. The number of benzene rings is 1. The molecule has 9 nitrogen and oxygen atoms in total. The van der Waals surface area contributed by atoms with E-state index < -0.39 is 0 Å². The lowest BCUT2D eigenvalue weighted by molar-refractivity contribution is 0.174. The summed E-state index contributed by atoms with van der Waals surface area (Å²) in [5.41, 5.74) is 8.51. The Morgan fingerprint density at radius 1 is 0.839 bits per heavy atom. The van der Waals surface area contributed by atoms with Crippen LogP contribution in [0.15, 0.2) is 24.5 Å². The van der Waals surface area contributed by atoms with Gasteiger partial charge in [-0.3, -0.25) is 4.90 Å². The zero-order valence-corrected chi connectivity index (χ0v) is 18.2. The van der Waals surface area contributed by atoms with Crippen molar-refractivity contribution in [2.75, 3.05) is 81.2 Å². The summed E-state index contributed by atoms with van der Waals surface area (Å²) >= 11 is 0. The Morgan fingerprint density at radius 3 is 2.10 bits per heavy atom. The molecule has 3 aliphatic rings. The molecule has 0 saturated carbocycles. The van der Waals surface area contributed by atoms with Gasteiger partial charge in [0.2, 0.25) is 6.79 Å². The molecule has 3 aliphatic heterocycles. The predicted octanol–water partition coefficient (Wildman–Crippen LogP) is 1.25. The number of nitrogens with zero attached hydrogens (tertiary/aromatic N) is 6. The summed E-state index contributed by atoms with van der Waals surface area (Å²) in [4.78, 5) is 18.6. The summed E-state index contributed by atoms with van der Waals surface area (Å²) in [6.45, 7) is 12.2. The lowest BCUT2D eigenvalue weighted by atomic mass is 10.1. The first-order chi connectivity index (χ1) is 15.2. The van der Waals surface area contributed by atoms with Crippen molar-refractivity contribution in [2.45, 2.75) is 13.5 Å². The summed E-state index contributed by atoms with van der Waals surface area (Å²) in [5, 5.41) is 0. The fourth-order valence-corrected chi connectivity index (χ4v) is 4.57. The molecule has 2 N–H and O–H groups in total. The van der Waals surface area contributed by atoms with Crippen LogP contribution in [-0.2, 0) is 6.54 Å². The summed E-state index contributed by atoms with van der Waals surface area (Å²) in [6, 6.07) is 6.20. The highest BCUT2D eigenvalue weighted by Gasteiger charge is 2.25. The molecule has 9 heteroatoms. The zero-order valence-electron chi connectivity index (χ0n) is 18.2. The van der Waals surface area contributed by atoms with Gasteiger partial charge in [0, 0.05) is 58.9 Å². The number of likely N-dealkylation sites (N-methyl/N-ethyl adjacent to an activating group) is 1. The van der Waals surface area contributed by atoms with E-state index in [-0.39, 0.29) is 0 Å². The molecule has 2 saturated heterocycles. The Balaban J connectivity index is 1.21. The number of anilines is 3. The SMILES string of the molecule is CCN1CCN(c2ncnc(N3CCN(Cc4ccc5c(c4)OCO5)CC3)c2N)CC1. The Kier molecular flexibility index (Phi) is 5.69. The second-order valence-corrected chi connectivity index (χ2v) is 8.31. The fraction of sp³-hybridized carbons (Fsp3) is 0.545. The van der Waals surface area contributed by atoms with Crippen molar-refractivity contribution in [3.05, 3.63) is 30.1 Å². The van der Waals surface area contributed by atoms with E-state index in [0.29, 0.717) is 12.5 Å². The van der Waals surface area contributed by atoms with E-state index in [1.807, 2.05) is 6.07 Å². The van der Waals surface area contributed by atoms with Gasteiger partial charge in [-0.25, -0.2) is 9.97 Å². The van der Waals surface area contributed by atoms with Gasteiger partial charge in [0.1, 0.15) is 12.0 Å². The van der Waals surface area contributed by atoms with Gasteiger partial charge >= 0.3 is 0 Å². The Morgan fingerprint density at radius 2 is 1.45 bits per heavy atom. The van der Waals surface area contributed by atoms with E-state index in [1.54, 1.807) is 6.33 Å². The average Bonchev–Trinajstić information content (AvgIpc) is 3.28. The van der Waals surface area contributed by atoms with Crippen LogP contribution in [0.3, 0.4) is 0 Å². The van der Waals surface area contributed by atoms with Gasteiger partial charge in [-0.15, -0.1) is 0 Å². The first kappa shape index (κ1) is 20.1. The second-order valence-electron chi connectivity index (χ2n) is 8.31. The van der Waals surface area contributed by atoms with Gasteiger partial charge in [-0.2, -0.15) is 0 Å². The highest BCUT2D eigenvalue weighted by molar-refractivity contribution is 5.76. The molecule has 1 aromatic carbocycles. The maximum atomic E-state index is 6.56. The van der Waals surface area contributed by atoms with Crippen LogP contribution < -0.4 is 25.0 Å². The number of ether oxygens (including phenoxy) is 2. The van der Waals surface area contributed by atoms with E-state index in [1.165, 1.54) is 5.56 Å². The Hall–Kier alpha value is -2.78. The van der Waals surface area contributed by atoms with Crippen molar-refractivity contribution >= 4 is 17.3 Å². The maximum Gasteiger partial charge on any atom is 0.231 e. The standard InChI is InChI=1S/C22H31N7O2/c1-2-26-5-9-28(10-6-26)21-20(23)22(25-15-24-21)29-11-7-27(8-12-29)14-17-3-4-18-19(13-17)31-16-30-18/h3-4,13,15H,2,5-12,14,16,23H2,1H3. The van der Waals surface area contributed by atoms with Crippen molar-refractivity contribution in [2.24, 2.45) is 0 Å². The number of hydrogen-bond donors (Lipinski definition) is 1. The number of aromatic nitrogens is 2. The van der Waals surface area contributed by atoms with Gasteiger partial charge in [-0.1, -0.05) is 13.0 Å². The van der Waals surface area contributed by atoms with Gasteiger partial charge in [0.15, 0.2) is 23.1 Å². The number of hydrogen-bond acceptors (Lipinski definition) is 9. The van der Waals surface area contributed by atoms with Crippen LogP contribution in [-0.4, -0.2) is 85.5 Å². The number of rotatable bonds is 5. The van der Waals surface area contributed by atoms with Gasteiger partial charge in [0.05, 0.1) is 0 Å². The maximum absolute atomic E-state index is 6.56. The van der Waals surface area contributed by atoms with E-state index in [0.717, 1.165) is 88.6 Å². The Bertz CT molecular complexity index is 909. The van der Waals surface area contributed by atoms with Crippen LogP contribution >= 0.6 is 0 Å². The average molecular weight is 426 g/mol. The highest BCUT2D eigenvalue weighted by atomic mass is 16.7. The molecule has 4 heterocycles. The molecule has 1 aromatic heterocycles. The van der Waals surface area contributed by atoms with Crippen LogP contribution in [0.25, 0.3) is 0 Å². The number of nitrogen functional groups attached to an aromatic ring is 1. The third-order valence-electron chi connectivity index (χ3n) is 6.48. The molecule has 0 unspecified atom stereocenters. The molecule has 2 aromatic rings. The monoisotopic (exact) mass is 425 g/mol. The molecule has 5 rings (SSSR count). The van der Waals surface area contributed by atoms with E-state index in [4.69, 9.17) is 15.2 Å². The first-order valence-corrected chi connectivity index (χ1v) is 11.1. The van der Waals surface area contributed by atoms with Gasteiger partial charge < -0.3 is 29.9 Å². The number of nitrogens with two attached hydrogens (primary N) is 1. The normalized spacial score (nSPS) is 19.8. The van der Waals surface area contributed by atoms with Crippen molar-refractivity contribution in [3.63, 3.8) is 0 Å². The van der Waals surface area contributed by atoms with Crippen LogP contribution in [0, 0.1) is 0 Å². The lowest BCUT2D eigenvalue weighted by Gasteiger charge is -2.38. The van der Waals surface area contributed by atoms with Crippen molar-refractivity contribution in [3.8, 4) is 11.5 Å². The third kappa shape index (κ3) is 4.20. The largest absolute Gasteiger partial charge is 0.454 e. The molecular formula is C22H31N7O2. The van der Waals surface area contributed by atoms with Gasteiger partial charge in [-0.05, 0) is 24.2 Å². The Labute approximate surface area is 183 Å². The number of fused-ring (bicyclic) bond motifs is 1. The molecule has 0 amide bonds. The molecular weight excluding hydrogens is 394 g/mol. The summed E-state index contributed by atoms with van der Waals surface area (Å²) < 4.78 is 10.9. The van der Waals surface area contributed by atoms with Crippen LogP contribution in [0.1, 0.15) is 12.5 Å². The molecule has 166 valence electrons. The summed E-state index contributed by atoms with van der Waals surface area (Å²) in [5.74, 6) is 3.42. The van der Waals surface area contributed by atoms with Crippen LogP contribution in [0.4, 0.5) is 17.3 Å². The second kappa shape index (κ2) is 8.76. The summed E-state index contributed by atoms with van der Waals surface area (Å²) in [6.07, 6.45) is 1.66. The van der Waals surface area contributed by atoms with E-state index >= 15 is 0 Å². The van der Waals surface area contributed by atoms with Crippen molar-refractivity contribution in [1.29, 1.82) is 0 Å². The van der Waals surface area contributed by atoms with Crippen molar-refractivity contribution < 1.29 is 9.47 Å². The molecule has 2 fully saturated rings. The molecule has 31 heavy (non-hydrogen) atoms.